The molecule has 0 saturated carbocycles. The molecule has 0 amide bonds. The molecule has 1 fully saturated rings. The summed E-state index contributed by atoms with van der Waals surface area (Å²) in [5.41, 5.74) is 0.638. The quantitative estimate of drug-likeness (QED) is 0.831. The lowest BCUT2D eigenvalue weighted by Gasteiger charge is -2.30. The number of piperidine rings is 1. The van der Waals surface area contributed by atoms with Crippen molar-refractivity contribution in [1.82, 2.24) is 5.32 Å². The second-order valence-corrected chi connectivity index (χ2v) is 4.54. The summed E-state index contributed by atoms with van der Waals surface area (Å²) in [7, 11) is 0. The largest absolute Gasteiger partial charge is 0.490 e. The summed E-state index contributed by atoms with van der Waals surface area (Å²) in [6.07, 6.45) is 1.25. The highest BCUT2D eigenvalue weighted by Crippen LogP contribution is 2.22. The Balaban J connectivity index is 2.05. The van der Waals surface area contributed by atoms with Gasteiger partial charge >= 0.3 is 0 Å². The molecule has 1 N–H and O–H groups in total. The van der Waals surface area contributed by atoms with E-state index in [4.69, 9.17) is 4.74 Å². The number of aryl methyl sites for hydroxylation is 1. The molecular formula is C13H18FNO. The Kier molecular flexibility index (Phi) is 3.44. The van der Waals surface area contributed by atoms with Crippen molar-refractivity contribution in [2.24, 2.45) is 5.92 Å². The lowest BCUT2D eigenvalue weighted by Crippen LogP contribution is -2.41. The number of ether oxygens (including phenoxy) is 1. The van der Waals surface area contributed by atoms with E-state index >= 15 is 0 Å². The first-order chi connectivity index (χ1) is 7.66. The zero-order valence-corrected chi connectivity index (χ0v) is 9.79. The number of halogens is 1. The maximum absolute atomic E-state index is 13.1. The van der Waals surface area contributed by atoms with E-state index in [0.29, 0.717) is 11.5 Å². The lowest BCUT2D eigenvalue weighted by atomic mass is 9.98. The zero-order chi connectivity index (χ0) is 11.5. The first-order valence-corrected chi connectivity index (χ1v) is 5.80. The van der Waals surface area contributed by atoms with Gasteiger partial charge in [0.25, 0.3) is 0 Å². The van der Waals surface area contributed by atoms with Gasteiger partial charge in [0.1, 0.15) is 17.7 Å². The van der Waals surface area contributed by atoms with Crippen LogP contribution in [0, 0.1) is 18.7 Å². The smallest absolute Gasteiger partial charge is 0.126 e. The molecule has 0 aliphatic carbocycles. The zero-order valence-electron chi connectivity index (χ0n) is 9.79. The van der Waals surface area contributed by atoms with Gasteiger partial charge in [-0.15, -0.1) is 0 Å². The predicted octanol–water partition coefficient (Wildman–Crippen LogP) is 2.51. The van der Waals surface area contributed by atoms with Crippen LogP contribution in [0.25, 0.3) is 0 Å². The molecule has 2 rings (SSSR count). The van der Waals surface area contributed by atoms with Crippen LogP contribution in [0.5, 0.6) is 5.75 Å². The number of benzene rings is 1. The molecule has 2 atom stereocenters. The van der Waals surface area contributed by atoms with Crippen LogP contribution in [0.3, 0.4) is 0 Å². The van der Waals surface area contributed by atoms with Gasteiger partial charge in [0.2, 0.25) is 0 Å². The Morgan fingerprint density at radius 3 is 2.94 bits per heavy atom. The normalized spacial score (nSPS) is 25.4. The molecule has 1 aromatic rings. The molecule has 2 unspecified atom stereocenters. The van der Waals surface area contributed by atoms with Crippen molar-refractivity contribution in [3.8, 4) is 5.75 Å². The number of rotatable bonds is 2. The molecule has 1 aliphatic rings. The maximum atomic E-state index is 13.1. The fraction of sp³-hybridized carbons (Fsp3) is 0.538. The molecule has 1 aromatic carbocycles. The standard InChI is InChI=1S/C13H18FNO/c1-9-7-11(3-4-12(9)14)16-13-5-6-15-8-10(13)2/h3-4,7,10,13,15H,5-6,8H2,1-2H3. The summed E-state index contributed by atoms with van der Waals surface area (Å²) in [5.74, 6) is 1.10. The summed E-state index contributed by atoms with van der Waals surface area (Å²) >= 11 is 0. The van der Waals surface area contributed by atoms with Gasteiger partial charge in [0, 0.05) is 12.5 Å². The topological polar surface area (TPSA) is 21.3 Å². The first-order valence-electron chi connectivity index (χ1n) is 5.80. The average Bonchev–Trinajstić information content (AvgIpc) is 2.27. The monoisotopic (exact) mass is 223 g/mol. The Morgan fingerprint density at radius 1 is 1.44 bits per heavy atom. The minimum absolute atomic E-state index is 0.175. The van der Waals surface area contributed by atoms with Crippen molar-refractivity contribution in [2.45, 2.75) is 26.4 Å². The third kappa shape index (κ3) is 2.53. The van der Waals surface area contributed by atoms with Crippen LogP contribution in [0.15, 0.2) is 18.2 Å². The Bertz CT molecular complexity index is 367. The van der Waals surface area contributed by atoms with Gasteiger partial charge < -0.3 is 10.1 Å². The van der Waals surface area contributed by atoms with Crippen LogP contribution in [0.2, 0.25) is 0 Å². The third-order valence-corrected chi connectivity index (χ3v) is 3.12. The highest BCUT2D eigenvalue weighted by Gasteiger charge is 2.22. The van der Waals surface area contributed by atoms with Gasteiger partial charge in [-0.3, -0.25) is 0 Å². The number of hydrogen-bond acceptors (Lipinski definition) is 2. The highest BCUT2D eigenvalue weighted by atomic mass is 19.1. The van der Waals surface area contributed by atoms with E-state index in [9.17, 15) is 4.39 Å². The van der Waals surface area contributed by atoms with Crippen LogP contribution in [0.1, 0.15) is 18.9 Å². The van der Waals surface area contributed by atoms with Crippen LogP contribution in [-0.4, -0.2) is 19.2 Å². The van der Waals surface area contributed by atoms with Crippen molar-refractivity contribution in [1.29, 1.82) is 0 Å². The van der Waals surface area contributed by atoms with E-state index in [0.717, 1.165) is 25.3 Å². The van der Waals surface area contributed by atoms with Gasteiger partial charge in [0.15, 0.2) is 0 Å². The molecule has 16 heavy (non-hydrogen) atoms. The van der Waals surface area contributed by atoms with Crippen LogP contribution >= 0.6 is 0 Å². The van der Waals surface area contributed by atoms with Crippen LogP contribution < -0.4 is 10.1 Å². The van der Waals surface area contributed by atoms with Crippen molar-refractivity contribution in [3.63, 3.8) is 0 Å². The van der Waals surface area contributed by atoms with Crippen LogP contribution in [0.4, 0.5) is 4.39 Å². The molecule has 2 nitrogen and oxygen atoms in total. The molecule has 0 spiro atoms. The van der Waals surface area contributed by atoms with E-state index in [2.05, 4.69) is 12.2 Å². The van der Waals surface area contributed by atoms with E-state index in [1.165, 1.54) is 6.07 Å². The molecule has 1 aliphatic heterocycles. The SMILES string of the molecule is Cc1cc(OC2CCNCC2C)ccc1F. The Morgan fingerprint density at radius 2 is 2.25 bits per heavy atom. The average molecular weight is 223 g/mol. The molecule has 88 valence electrons. The van der Waals surface area contributed by atoms with Crippen molar-refractivity contribution in [3.05, 3.63) is 29.6 Å². The Hall–Kier alpha value is -1.09. The van der Waals surface area contributed by atoms with Crippen molar-refractivity contribution in [2.75, 3.05) is 13.1 Å². The molecule has 1 heterocycles. The van der Waals surface area contributed by atoms with Crippen molar-refractivity contribution >= 4 is 0 Å². The van der Waals surface area contributed by atoms with Gasteiger partial charge in [-0.2, -0.15) is 0 Å². The third-order valence-electron chi connectivity index (χ3n) is 3.12. The molecule has 3 heteroatoms. The summed E-state index contributed by atoms with van der Waals surface area (Å²) in [4.78, 5) is 0. The fourth-order valence-corrected chi connectivity index (χ4v) is 2.03. The van der Waals surface area contributed by atoms with Crippen LogP contribution in [-0.2, 0) is 0 Å². The second-order valence-electron chi connectivity index (χ2n) is 4.54. The van der Waals surface area contributed by atoms with E-state index in [-0.39, 0.29) is 11.9 Å². The summed E-state index contributed by atoms with van der Waals surface area (Å²) in [6, 6.07) is 4.94. The predicted molar refractivity (Wildman–Crippen MR) is 62.2 cm³/mol. The molecule has 0 aromatic heterocycles. The van der Waals surface area contributed by atoms with E-state index in [1.807, 2.05) is 0 Å². The first kappa shape index (κ1) is 11.4. The maximum Gasteiger partial charge on any atom is 0.126 e. The highest BCUT2D eigenvalue weighted by molar-refractivity contribution is 5.29. The van der Waals surface area contributed by atoms with E-state index in [1.54, 1.807) is 19.1 Å². The molecule has 0 radical (unpaired) electrons. The minimum Gasteiger partial charge on any atom is -0.490 e. The second kappa shape index (κ2) is 4.83. The molecule has 0 bridgehead atoms. The molecular weight excluding hydrogens is 205 g/mol. The summed E-state index contributed by atoms with van der Waals surface area (Å²) in [6.45, 7) is 5.92. The lowest BCUT2D eigenvalue weighted by molar-refractivity contribution is 0.112. The Labute approximate surface area is 95.8 Å². The van der Waals surface area contributed by atoms with Crippen molar-refractivity contribution < 1.29 is 9.13 Å². The van der Waals surface area contributed by atoms with Gasteiger partial charge in [-0.05, 0) is 43.7 Å². The van der Waals surface area contributed by atoms with Gasteiger partial charge in [-0.25, -0.2) is 4.39 Å². The van der Waals surface area contributed by atoms with E-state index < -0.39 is 0 Å². The molecule has 1 saturated heterocycles. The number of hydrogen-bond donors (Lipinski definition) is 1. The van der Waals surface area contributed by atoms with Gasteiger partial charge in [0.05, 0.1) is 0 Å². The summed E-state index contributed by atoms with van der Waals surface area (Å²) < 4.78 is 19.0. The summed E-state index contributed by atoms with van der Waals surface area (Å²) in [5, 5.41) is 3.33. The van der Waals surface area contributed by atoms with Gasteiger partial charge in [-0.1, -0.05) is 6.92 Å². The minimum atomic E-state index is -0.175. The fourth-order valence-electron chi connectivity index (χ4n) is 2.03. The number of nitrogens with one attached hydrogen (secondary N) is 1.